The number of hydroxylamine groups is 1. The number of carbonyl (C=O) groups excluding carboxylic acids is 1. The molecule has 1 amide bonds. The molecule has 0 aromatic heterocycles. The molecule has 0 spiro atoms. The van der Waals surface area contributed by atoms with Gasteiger partial charge in [-0.2, -0.15) is 8.42 Å². The van der Waals surface area contributed by atoms with Gasteiger partial charge < -0.3 is 14.2 Å². The van der Waals surface area contributed by atoms with Crippen LogP contribution < -0.4 is 10.2 Å². The van der Waals surface area contributed by atoms with Gasteiger partial charge in [-0.1, -0.05) is 0 Å². The Hall–Kier alpha value is -1.77. The number of sulfone groups is 1. The van der Waals surface area contributed by atoms with Gasteiger partial charge in [-0.05, 0) is 49.9 Å². The maximum absolute atomic E-state index is 13.6. The van der Waals surface area contributed by atoms with Gasteiger partial charge in [0, 0.05) is 26.2 Å². The Bertz CT molecular complexity index is 996. The van der Waals surface area contributed by atoms with Crippen LogP contribution in [0.15, 0.2) is 29.2 Å². The Kier molecular flexibility index (Phi) is 8.70. The van der Waals surface area contributed by atoms with Gasteiger partial charge in [-0.25, -0.2) is 18.7 Å². The Morgan fingerprint density at radius 1 is 1.06 bits per heavy atom. The summed E-state index contributed by atoms with van der Waals surface area (Å²) in [7, 11) is -7.68. The summed E-state index contributed by atoms with van der Waals surface area (Å²) in [4.78, 5) is 18.4. The van der Waals surface area contributed by atoms with Crippen molar-refractivity contribution in [2.45, 2.75) is 48.0 Å². The summed E-state index contributed by atoms with van der Waals surface area (Å²) in [5.74, 6) is -0.424. The minimum absolute atomic E-state index is 0.0167. The predicted molar refractivity (Wildman–Crippen MR) is 116 cm³/mol. The molecule has 2 aliphatic rings. The fourth-order valence-corrected chi connectivity index (χ4v) is 5.93. The van der Waals surface area contributed by atoms with Crippen molar-refractivity contribution in [3.8, 4) is 5.75 Å². The zero-order chi connectivity index (χ0) is 24.0. The van der Waals surface area contributed by atoms with E-state index in [2.05, 4.69) is 9.66 Å². The summed E-state index contributed by atoms with van der Waals surface area (Å²) < 4.78 is 68.0. The van der Waals surface area contributed by atoms with Crippen LogP contribution in [0, 0.1) is 0 Å². The lowest BCUT2D eigenvalue weighted by molar-refractivity contribution is -0.202. The van der Waals surface area contributed by atoms with E-state index < -0.39 is 36.9 Å². The van der Waals surface area contributed by atoms with Crippen molar-refractivity contribution in [3.63, 3.8) is 0 Å². The first-order valence-corrected chi connectivity index (χ1v) is 13.9. The summed E-state index contributed by atoms with van der Waals surface area (Å²) in [5, 5.41) is 0. The minimum atomic E-state index is -4.11. The predicted octanol–water partition coefficient (Wildman–Crippen LogP) is 0.939. The van der Waals surface area contributed by atoms with E-state index in [4.69, 9.17) is 19.0 Å². The van der Waals surface area contributed by atoms with Crippen molar-refractivity contribution in [2.24, 2.45) is 0 Å². The minimum Gasteiger partial charge on any atom is -0.491 e. The largest absolute Gasteiger partial charge is 0.491 e. The summed E-state index contributed by atoms with van der Waals surface area (Å²) >= 11 is 0. The molecule has 0 bridgehead atoms. The summed E-state index contributed by atoms with van der Waals surface area (Å²) in [6.45, 7) is 0.547. The fourth-order valence-electron chi connectivity index (χ4n) is 3.62. The molecule has 2 aliphatic heterocycles. The molecule has 2 saturated heterocycles. The van der Waals surface area contributed by atoms with Gasteiger partial charge in [0.15, 0.2) is 20.9 Å². The molecule has 0 saturated carbocycles. The molecule has 1 N–H and O–H groups in total. The number of hydrogen-bond acceptors (Lipinski definition) is 10. The maximum Gasteiger partial charge on any atom is 0.265 e. The summed E-state index contributed by atoms with van der Waals surface area (Å²) in [6.07, 6.45) is 2.71. The van der Waals surface area contributed by atoms with Crippen molar-refractivity contribution >= 4 is 25.9 Å². The molecule has 1 aromatic rings. The number of carbonyl (C=O) groups is 1. The molecule has 13 heteroatoms. The highest BCUT2D eigenvalue weighted by Crippen LogP contribution is 2.36. The third-order valence-electron chi connectivity index (χ3n) is 5.43. The third-order valence-corrected chi connectivity index (χ3v) is 8.54. The third kappa shape index (κ3) is 6.64. The number of rotatable bonds is 10. The van der Waals surface area contributed by atoms with Crippen LogP contribution in [-0.4, -0.2) is 73.1 Å². The summed E-state index contributed by atoms with van der Waals surface area (Å²) in [5.41, 5.74) is 2.31. The highest BCUT2D eigenvalue weighted by Gasteiger charge is 2.52. The SMILES string of the molecule is CS(=O)(=O)OCCOc1ccc(S(=O)(=O)C2(C(=O)NOC3CCCCO3)CCOCC2)cc1. The molecule has 0 aliphatic carbocycles. The van der Waals surface area contributed by atoms with Crippen molar-refractivity contribution < 1.29 is 44.9 Å². The van der Waals surface area contributed by atoms with Crippen LogP contribution in [0.25, 0.3) is 0 Å². The number of benzene rings is 1. The molecule has 186 valence electrons. The van der Waals surface area contributed by atoms with Gasteiger partial charge in [0.25, 0.3) is 16.0 Å². The van der Waals surface area contributed by atoms with Crippen molar-refractivity contribution in [2.75, 3.05) is 39.3 Å². The van der Waals surface area contributed by atoms with E-state index in [-0.39, 0.29) is 44.2 Å². The highest BCUT2D eigenvalue weighted by molar-refractivity contribution is 7.93. The molecule has 2 heterocycles. The Labute approximate surface area is 193 Å². The van der Waals surface area contributed by atoms with E-state index in [1.807, 2.05) is 0 Å². The highest BCUT2D eigenvalue weighted by atomic mass is 32.2. The van der Waals surface area contributed by atoms with E-state index in [1.54, 1.807) is 0 Å². The first-order chi connectivity index (χ1) is 15.6. The van der Waals surface area contributed by atoms with Crippen molar-refractivity contribution in [1.82, 2.24) is 5.48 Å². The van der Waals surface area contributed by atoms with Crippen LogP contribution in [0.2, 0.25) is 0 Å². The molecule has 0 radical (unpaired) electrons. The molecular weight excluding hydrogens is 478 g/mol. The normalized spacial score (nSPS) is 21.3. The molecule has 1 unspecified atom stereocenters. The molecule has 1 aromatic carbocycles. The van der Waals surface area contributed by atoms with Crippen LogP contribution in [0.3, 0.4) is 0 Å². The van der Waals surface area contributed by atoms with Crippen molar-refractivity contribution in [3.05, 3.63) is 24.3 Å². The lowest BCUT2D eigenvalue weighted by Crippen LogP contribution is -2.56. The number of ether oxygens (including phenoxy) is 3. The van der Waals surface area contributed by atoms with E-state index in [0.717, 1.165) is 19.1 Å². The van der Waals surface area contributed by atoms with E-state index in [0.29, 0.717) is 18.8 Å². The average Bonchev–Trinajstić information content (AvgIpc) is 2.81. The average molecular weight is 508 g/mol. The van der Waals surface area contributed by atoms with E-state index in [1.165, 1.54) is 24.3 Å². The fraction of sp³-hybridized carbons (Fsp3) is 0.650. The van der Waals surface area contributed by atoms with Crippen LogP contribution in [0.4, 0.5) is 0 Å². The lowest BCUT2D eigenvalue weighted by Gasteiger charge is -2.35. The Morgan fingerprint density at radius 3 is 2.36 bits per heavy atom. The van der Waals surface area contributed by atoms with Crippen LogP contribution in [0.5, 0.6) is 5.75 Å². The molecular formula is C20H29NO10S2. The van der Waals surface area contributed by atoms with E-state index in [9.17, 15) is 21.6 Å². The van der Waals surface area contributed by atoms with Crippen LogP contribution in [0.1, 0.15) is 32.1 Å². The summed E-state index contributed by atoms with van der Waals surface area (Å²) in [6, 6.07) is 5.56. The second-order valence-electron chi connectivity index (χ2n) is 7.80. The smallest absolute Gasteiger partial charge is 0.265 e. The number of amides is 1. The lowest BCUT2D eigenvalue weighted by atomic mass is 9.98. The van der Waals surface area contributed by atoms with E-state index >= 15 is 0 Å². The molecule has 33 heavy (non-hydrogen) atoms. The molecule has 11 nitrogen and oxygen atoms in total. The molecule has 2 fully saturated rings. The quantitative estimate of drug-likeness (QED) is 0.276. The van der Waals surface area contributed by atoms with Gasteiger partial charge in [0.2, 0.25) is 0 Å². The molecule has 1 atom stereocenters. The Morgan fingerprint density at radius 2 is 1.76 bits per heavy atom. The zero-order valence-electron chi connectivity index (χ0n) is 18.4. The van der Waals surface area contributed by atoms with Gasteiger partial charge >= 0.3 is 0 Å². The first-order valence-electron chi connectivity index (χ1n) is 10.6. The van der Waals surface area contributed by atoms with Crippen molar-refractivity contribution in [1.29, 1.82) is 0 Å². The maximum atomic E-state index is 13.6. The standard InChI is InChI=1S/C20H29NO10S2/c1-32(23,24)30-15-14-28-16-5-7-17(8-6-16)33(25,26)20(9-12-27-13-10-20)19(22)21-31-18-4-2-3-11-29-18/h5-8,18H,2-4,9-15H2,1H3,(H,21,22). The molecule has 3 rings (SSSR count). The van der Waals surface area contributed by atoms with Crippen LogP contribution in [-0.2, 0) is 43.2 Å². The van der Waals surface area contributed by atoms with Gasteiger partial charge in [-0.3, -0.25) is 8.98 Å². The van der Waals surface area contributed by atoms with Gasteiger partial charge in [0.1, 0.15) is 19.0 Å². The van der Waals surface area contributed by atoms with Gasteiger partial charge in [-0.15, -0.1) is 0 Å². The first kappa shape index (κ1) is 25.8. The topological polar surface area (TPSA) is 144 Å². The second-order valence-corrected chi connectivity index (χ2v) is 11.7. The monoisotopic (exact) mass is 507 g/mol. The van der Waals surface area contributed by atoms with Gasteiger partial charge in [0.05, 0.1) is 11.2 Å². The number of hydrogen-bond donors (Lipinski definition) is 1. The second kappa shape index (κ2) is 11.1. The van der Waals surface area contributed by atoms with Crippen LogP contribution >= 0.6 is 0 Å². The number of nitrogens with one attached hydrogen (secondary N) is 1. The Balaban J connectivity index is 1.70. The zero-order valence-corrected chi connectivity index (χ0v) is 20.0.